The summed E-state index contributed by atoms with van der Waals surface area (Å²) in [4.78, 5) is 0. The molecule has 0 spiro atoms. The van der Waals surface area contributed by atoms with Crippen LogP contribution in [0.3, 0.4) is 0 Å². The van der Waals surface area contributed by atoms with E-state index < -0.39 is 0 Å². The van der Waals surface area contributed by atoms with Crippen LogP contribution in [0.15, 0.2) is 12.4 Å². The fourth-order valence-electron chi connectivity index (χ4n) is 2.43. The van der Waals surface area contributed by atoms with E-state index in [0.29, 0.717) is 18.6 Å². The molecule has 3 N–H and O–H groups in total. The van der Waals surface area contributed by atoms with E-state index in [1.807, 2.05) is 10.9 Å². The van der Waals surface area contributed by atoms with E-state index in [0.717, 1.165) is 24.9 Å². The van der Waals surface area contributed by atoms with Crippen molar-refractivity contribution in [3.8, 4) is 0 Å². The zero-order valence-corrected chi connectivity index (χ0v) is 8.97. The summed E-state index contributed by atoms with van der Waals surface area (Å²) in [7, 11) is 0. The van der Waals surface area contributed by atoms with Crippen LogP contribution >= 0.6 is 0 Å². The maximum Gasteiger partial charge on any atom is 0.0719 e. The largest absolute Gasteiger partial charge is 0.396 e. The molecule has 0 unspecified atom stereocenters. The Morgan fingerprint density at radius 3 is 2.67 bits per heavy atom. The van der Waals surface area contributed by atoms with Gasteiger partial charge in [0.25, 0.3) is 0 Å². The Bertz CT molecular complexity index is 303. The van der Waals surface area contributed by atoms with Crippen LogP contribution in [0, 0.1) is 5.92 Å². The highest BCUT2D eigenvalue weighted by molar-refractivity contribution is 5.30. The molecule has 4 heteroatoms. The second kappa shape index (κ2) is 4.66. The summed E-state index contributed by atoms with van der Waals surface area (Å²) in [6, 6.07) is 0.511. The second-order valence-corrected chi connectivity index (χ2v) is 4.44. The molecular weight excluding hydrogens is 190 g/mol. The molecule has 1 aliphatic rings. The molecule has 0 atom stereocenters. The molecule has 0 aromatic carbocycles. The van der Waals surface area contributed by atoms with Crippen molar-refractivity contribution in [3.63, 3.8) is 0 Å². The van der Waals surface area contributed by atoms with Gasteiger partial charge in [-0.15, -0.1) is 0 Å². The molecule has 1 saturated carbocycles. The van der Waals surface area contributed by atoms with Crippen LogP contribution in [0.25, 0.3) is 0 Å². The highest BCUT2D eigenvalue weighted by atomic mass is 16.3. The number of nitrogens with two attached hydrogens (primary N) is 1. The monoisotopic (exact) mass is 209 g/mol. The molecule has 0 saturated heterocycles. The Hall–Kier alpha value is -1.03. The number of nitrogen functional groups attached to an aromatic ring is 1. The van der Waals surface area contributed by atoms with Crippen LogP contribution in [-0.2, 0) is 0 Å². The minimum absolute atomic E-state index is 0.323. The molecule has 15 heavy (non-hydrogen) atoms. The Kier molecular flexibility index (Phi) is 3.26. The van der Waals surface area contributed by atoms with E-state index >= 15 is 0 Å². The number of hydrogen-bond acceptors (Lipinski definition) is 3. The van der Waals surface area contributed by atoms with Crippen molar-refractivity contribution in [2.75, 3.05) is 12.3 Å². The van der Waals surface area contributed by atoms with E-state index in [1.54, 1.807) is 6.20 Å². The minimum Gasteiger partial charge on any atom is -0.396 e. The van der Waals surface area contributed by atoms with Crippen molar-refractivity contribution in [2.45, 2.75) is 38.1 Å². The van der Waals surface area contributed by atoms with Crippen molar-refractivity contribution in [1.82, 2.24) is 9.78 Å². The van der Waals surface area contributed by atoms with E-state index in [4.69, 9.17) is 10.8 Å². The Morgan fingerprint density at radius 2 is 2.13 bits per heavy atom. The molecule has 0 aliphatic heterocycles. The van der Waals surface area contributed by atoms with Crippen molar-refractivity contribution < 1.29 is 5.11 Å². The molecule has 84 valence electrons. The predicted molar refractivity (Wildman–Crippen MR) is 59.3 cm³/mol. The maximum atomic E-state index is 8.87. The molecule has 0 bridgehead atoms. The van der Waals surface area contributed by atoms with Gasteiger partial charge in [-0.05, 0) is 38.0 Å². The third kappa shape index (κ3) is 2.50. The molecule has 0 amide bonds. The van der Waals surface area contributed by atoms with E-state index in [2.05, 4.69) is 5.10 Å². The Labute approximate surface area is 90.1 Å². The molecule has 1 aromatic heterocycles. The van der Waals surface area contributed by atoms with E-state index in [-0.39, 0.29) is 0 Å². The van der Waals surface area contributed by atoms with Crippen LogP contribution in [-0.4, -0.2) is 21.5 Å². The topological polar surface area (TPSA) is 64.1 Å². The number of anilines is 1. The molecular formula is C11H19N3O. The average Bonchev–Trinajstić information content (AvgIpc) is 2.67. The van der Waals surface area contributed by atoms with Gasteiger partial charge < -0.3 is 10.8 Å². The first kappa shape index (κ1) is 10.5. The van der Waals surface area contributed by atoms with Gasteiger partial charge in [0, 0.05) is 12.8 Å². The van der Waals surface area contributed by atoms with Gasteiger partial charge in [0.1, 0.15) is 0 Å². The van der Waals surface area contributed by atoms with Gasteiger partial charge in [0.05, 0.1) is 17.9 Å². The van der Waals surface area contributed by atoms with E-state index in [9.17, 15) is 0 Å². The van der Waals surface area contributed by atoms with Gasteiger partial charge >= 0.3 is 0 Å². The predicted octanol–water partition coefficient (Wildman–Crippen LogP) is 1.58. The maximum absolute atomic E-state index is 8.87. The number of aliphatic hydroxyl groups excluding tert-OH is 1. The average molecular weight is 209 g/mol. The normalized spacial score (nSPS) is 26.7. The summed E-state index contributed by atoms with van der Waals surface area (Å²) in [5.74, 6) is 0.708. The van der Waals surface area contributed by atoms with Gasteiger partial charge in [0.2, 0.25) is 0 Å². The molecule has 1 aromatic rings. The number of nitrogens with zero attached hydrogens (tertiary/aromatic N) is 2. The van der Waals surface area contributed by atoms with Crippen LogP contribution in [0.1, 0.15) is 38.1 Å². The Morgan fingerprint density at radius 1 is 1.40 bits per heavy atom. The van der Waals surface area contributed by atoms with Crippen LogP contribution in [0.5, 0.6) is 0 Å². The zero-order valence-electron chi connectivity index (χ0n) is 8.97. The lowest BCUT2D eigenvalue weighted by Crippen LogP contribution is -2.19. The standard InChI is InChI=1S/C11H19N3O/c12-10-7-13-14(8-10)11-3-1-9(2-4-11)5-6-15/h7-9,11,15H,1-6,12H2. The van der Waals surface area contributed by atoms with E-state index in [1.165, 1.54) is 12.8 Å². The van der Waals surface area contributed by atoms with Gasteiger partial charge in [-0.2, -0.15) is 5.10 Å². The first-order valence-corrected chi connectivity index (χ1v) is 5.70. The first-order valence-electron chi connectivity index (χ1n) is 5.70. The van der Waals surface area contributed by atoms with Crippen LogP contribution in [0.2, 0.25) is 0 Å². The molecule has 1 aliphatic carbocycles. The molecule has 2 rings (SSSR count). The molecule has 1 heterocycles. The second-order valence-electron chi connectivity index (χ2n) is 4.44. The summed E-state index contributed by atoms with van der Waals surface area (Å²) in [5, 5.41) is 13.1. The number of hydrogen-bond donors (Lipinski definition) is 2. The summed E-state index contributed by atoms with van der Waals surface area (Å²) in [6.07, 6.45) is 9.29. The lowest BCUT2D eigenvalue weighted by atomic mass is 9.84. The van der Waals surface area contributed by atoms with Gasteiger partial charge in [0.15, 0.2) is 0 Å². The molecule has 0 radical (unpaired) electrons. The third-order valence-corrected chi connectivity index (χ3v) is 3.35. The van der Waals surface area contributed by atoms with Crippen LogP contribution in [0.4, 0.5) is 5.69 Å². The lowest BCUT2D eigenvalue weighted by Gasteiger charge is -2.28. The van der Waals surface area contributed by atoms with Gasteiger partial charge in [-0.1, -0.05) is 0 Å². The lowest BCUT2D eigenvalue weighted by molar-refractivity contribution is 0.202. The summed E-state index contributed by atoms with van der Waals surface area (Å²) < 4.78 is 1.99. The minimum atomic E-state index is 0.323. The van der Waals surface area contributed by atoms with Crippen LogP contribution < -0.4 is 5.73 Å². The van der Waals surface area contributed by atoms with Crippen molar-refractivity contribution in [3.05, 3.63) is 12.4 Å². The first-order chi connectivity index (χ1) is 7.29. The Balaban J connectivity index is 1.88. The van der Waals surface area contributed by atoms with Crippen molar-refractivity contribution in [2.24, 2.45) is 5.92 Å². The number of aliphatic hydroxyl groups is 1. The summed E-state index contributed by atoms with van der Waals surface area (Å²) in [6.45, 7) is 0.323. The quantitative estimate of drug-likeness (QED) is 0.794. The SMILES string of the molecule is Nc1cnn(C2CCC(CCO)CC2)c1. The number of rotatable bonds is 3. The summed E-state index contributed by atoms with van der Waals surface area (Å²) in [5.41, 5.74) is 6.39. The summed E-state index contributed by atoms with van der Waals surface area (Å²) >= 11 is 0. The van der Waals surface area contributed by atoms with Crippen molar-refractivity contribution >= 4 is 5.69 Å². The fourth-order valence-corrected chi connectivity index (χ4v) is 2.43. The zero-order chi connectivity index (χ0) is 10.7. The van der Waals surface area contributed by atoms with Gasteiger partial charge in [-0.3, -0.25) is 4.68 Å². The highest BCUT2D eigenvalue weighted by Crippen LogP contribution is 2.33. The van der Waals surface area contributed by atoms with Crippen molar-refractivity contribution in [1.29, 1.82) is 0 Å². The smallest absolute Gasteiger partial charge is 0.0719 e. The third-order valence-electron chi connectivity index (χ3n) is 3.35. The van der Waals surface area contributed by atoms with Gasteiger partial charge in [-0.25, -0.2) is 0 Å². The highest BCUT2D eigenvalue weighted by Gasteiger charge is 2.22. The fraction of sp³-hybridized carbons (Fsp3) is 0.727. The number of aromatic nitrogens is 2. The molecule has 1 fully saturated rings. The molecule has 4 nitrogen and oxygen atoms in total.